The molecule has 0 saturated carbocycles. The van der Waals surface area contributed by atoms with E-state index in [4.69, 9.17) is 5.11 Å². The second-order valence-electron chi connectivity index (χ2n) is 5.32. The minimum Gasteiger partial charge on any atom is -0.480 e. The SMILES string of the molecule is Cc1ccccc1NC(=O)CN(CC(=O)O)CC(C)C. The highest BCUT2D eigenvalue weighted by molar-refractivity contribution is 5.93. The molecule has 2 N–H and O–H groups in total. The van der Waals surface area contributed by atoms with Crippen LogP contribution < -0.4 is 5.32 Å². The third kappa shape index (κ3) is 5.84. The minimum atomic E-state index is -0.922. The monoisotopic (exact) mass is 278 g/mol. The molecule has 0 spiro atoms. The number of rotatable bonds is 7. The zero-order chi connectivity index (χ0) is 15.1. The molecule has 0 unspecified atom stereocenters. The lowest BCUT2D eigenvalue weighted by Gasteiger charge is -2.21. The first-order valence-corrected chi connectivity index (χ1v) is 6.68. The predicted octanol–water partition coefficient (Wildman–Crippen LogP) is 1.98. The van der Waals surface area contributed by atoms with E-state index >= 15 is 0 Å². The molecule has 0 heterocycles. The van der Waals surface area contributed by atoms with E-state index in [0.29, 0.717) is 12.5 Å². The van der Waals surface area contributed by atoms with Crippen LogP contribution in [0.15, 0.2) is 24.3 Å². The zero-order valence-electron chi connectivity index (χ0n) is 12.2. The lowest BCUT2D eigenvalue weighted by molar-refractivity contribution is -0.138. The van der Waals surface area contributed by atoms with Crippen molar-refractivity contribution < 1.29 is 14.7 Å². The number of aryl methyl sites for hydroxylation is 1. The summed E-state index contributed by atoms with van der Waals surface area (Å²) in [4.78, 5) is 24.4. The van der Waals surface area contributed by atoms with E-state index < -0.39 is 5.97 Å². The summed E-state index contributed by atoms with van der Waals surface area (Å²) < 4.78 is 0. The molecule has 0 atom stereocenters. The van der Waals surface area contributed by atoms with Crippen molar-refractivity contribution >= 4 is 17.6 Å². The van der Waals surface area contributed by atoms with Gasteiger partial charge in [0.15, 0.2) is 0 Å². The van der Waals surface area contributed by atoms with Gasteiger partial charge in [-0.25, -0.2) is 0 Å². The van der Waals surface area contributed by atoms with Gasteiger partial charge >= 0.3 is 5.97 Å². The van der Waals surface area contributed by atoms with Gasteiger partial charge in [-0.15, -0.1) is 0 Å². The summed E-state index contributed by atoms with van der Waals surface area (Å²) in [5.74, 6) is -0.809. The highest BCUT2D eigenvalue weighted by atomic mass is 16.4. The Bertz CT molecular complexity index is 472. The van der Waals surface area contributed by atoms with Crippen LogP contribution in [0.2, 0.25) is 0 Å². The molecule has 110 valence electrons. The average Bonchev–Trinajstić information content (AvgIpc) is 2.30. The quantitative estimate of drug-likeness (QED) is 0.800. The van der Waals surface area contributed by atoms with Crippen LogP contribution in [0, 0.1) is 12.8 Å². The molecule has 0 aliphatic heterocycles. The summed E-state index contributed by atoms with van der Waals surface area (Å²) in [6.45, 7) is 6.44. The molecule has 0 aliphatic carbocycles. The van der Waals surface area contributed by atoms with Gasteiger partial charge in [0.25, 0.3) is 0 Å². The van der Waals surface area contributed by atoms with E-state index in [2.05, 4.69) is 5.32 Å². The number of carbonyl (C=O) groups is 2. The molecule has 0 fully saturated rings. The van der Waals surface area contributed by atoms with Crippen molar-refractivity contribution in [2.45, 2.75) is 20.8 Å². The number of aliphatic carboxylic acids is 1. The van der Waals surface area contributed by atoms with Gasteiger partial charge in [0.2, 0.25) is 5.91 Å². The summed E-state index contributed by atoms with van der Waals surface area (Å²) in [5.41, 5.74) is 1.74. The van der Waals surface area contributed by atoms with Crippen molar-refractivity contribution in [1.82, 2.24) is 4.90 Å². The molecule has 0 bridgehead atoms. The molecule has 0 radical (unpaired) electrons. The van der Waals surface area contributed by atoms with Gasteiger partial charge in [0.05, 0.1) is 13.1 Å². The summed E-state index contributed by atoms with van der Waals surface area (Å²) in [6.07, 6.45) is 0. The second kappa shape index (κ2) is 7.65. The molecule has 1 aromatic rings. The molecular formula is C15H22N2O3. The minimum absolute atomic E-state index is 0.0822. The van der Waals surface area contributed by atoms with Gasteiger partial charge in [0, 0.05) is 12.2 Å². The Hall–Kier alpha value is -1.88. The van der Waals surface area contributed by atoms with Crippen LogP contribution in [-0.4, -0.2) is 41.5 Å². The van der Waals surface area contributed by atoms with Crippen LogP contribution >= 0.6 is 0 Å². The number of hydrogen-bond acceptors (Lipinski definition) is 3. The van der Waals surface area contributed by atoms with Crippen LogP contribution in [-0.2, 0) is 9.59 Å². The molecule has 0 aliphatic rings. The maximum absolute atomic E-state index is 12.0. The van der Waals surface area contributed by atoms with Crippen molar-refractivity contribution in [3.05, 3.63) is 29.8 Å². The Morgan fingerprint density at radius 1 is 1.25 bits per heavy atom. The van der Waals surface area contributed by atoms with Gasteiger partial charge in [0.1, 0.15) is 0 Å². The number of para-hydroxylation sites is 1. The smallest absolute Gasteiger partial charge is 0.317 e. The summed E-state index contributed by atoms with van der Waals surface area (Å²) in [6, 6.07) is 7.50. The Labute approximate surface area is 119 Å². The standard InChI is InChI=1S/C15H22N2O3/c1-11(2)8-17(10-15(19)20)9-14(18)16-13-7-5-4-6-12(13)3/h4-7,11H,8-10H2,1-3H3,(H,16,18)(H,19,20). The van der Waals surface area contributed by atoms with E-state index in [0.717, 1.165) is 11.3 Å². The first kappa shape index (κ1) is 16.2. The van der Waals surface area contributed by atoms with Crippen molar-refractivity contribution in [1.29, 1.82) is 0 Å². The Morgan fingerprint density at radius 2 is 1.90 bits per heavy atom. The number of amides is 1. The van der Waals surface area contributed by atoms with Crippen LogP contribution in [0.5, 0.6) is 0 Å². The Morgan fingerprint density at radius 3 is 2.45 bits per heavy atom. The normalized spacial score (nSPS) is 10.8. The third-order valence-corrected chi connectivity index (χ3v) is 2.77. The molecule has 5 nitrogen and oxygen atoms in total. The molecule has 1 aromatic carbocycles. The zero-order valence-corrected chi connectivity index (χ0v) is 12.2. The fraction of sp³-hybridized carbons (Fsp3) is 0.467. The number of carboxylic acid groups (broad SMARTS) is 1. The molecular weight excluding hydrogens is 256 g/mol. The molecule has 1 amide bonds. The van der Waals surface area contributed by atoms with Gasteiger partial charge in [-0.05, 0) is 24.5 Å². The maximum Gasteiger partial charge on any atom is 0.317 e. The largest absolute Gasteiger partial charge is 0.480 e. The van der Waals surface area contributed by atoms with E-state index in [9.17, 15) is 9.59 Å². The Balaban J connectivity index is 2.61. The summed E-state index contributed by atoms with van der Waals surface area (Å²) in [7, 11) is 0. The molecule has 1 rings (SSSR count). The fourth-order valence-corrected chi connectivity index (χ4v) is 2.00. The van der Waals surface area contributed by atoms with Crippen molar-refractivity contribution in [2.24, 2.45) is 5.92 Å². The molecule has 20 heavy (non-hydrogen) atoms. The van der Waals surface area contributed by atoms with Crippen LogP contribution in [0.25, 0.3) is 0 Å². The lowest BCUT2D eigenvalue weighted by atomic mass is 10.2. The van der Waals surface area contributed by atoms with Crippen molar-refractivity contribution in [3.63, 3.8) is 0 Å². The highest BCUT2D eigenvalue weighted by Crippen LogP contribution is 2.13. The molecule has 0 saturated heterocycles. The second-order valence-corrected chi connectivity index (χ2v) is 5.32. The highest BCUT2D eigenvalue weighted by Gasteiger charge is 2.15. The number of carbonyl (C=O) groups excluding carboxylic acids is 1. The van der Waals surface area contributed by atoms with Gasteiger partial charge < -0.3 is 10.4 Å². The van der Waals surface area contributed by atoms with Crippen molar-refractivity contribution in [2.75, 3.05) is 25.0 Å². The topological polar surface area (TPSA) is 69.6 Å². The summed E-state index contributed by atoms with van der Waals surface area (Å²) in [5, 5.41) is 11.7. The third-order valence-electron chi connectivity index (χ3n) is 2.77. The number of benzene rings is 1. The van der Waals surface area contributed by atoms with E-state index in [1.807, 2.05) is 45.0 Å². The number of anilines is 1. The van der Waals surface area contributed by atoms with Gasteiger partial charge in [-0.3, -0.25) is 14.5 Å². The lowest BCUT2D eigenvalue weighted by Crippen LogP contribution is -2.39. The summed E-state index contributed by atoms with van der Waals surface area (Å²) >= 11 is 0. The van der Waals surface area contributed by atoms with Crippen LogP contribution in [0.1, 0.15) is 19.4 Å². The average molecular weight is 278 g/mol. The van der Waals surface area contributed by atoms with Crippen molar-refractivity contribution in [3.8, 4) is 0 Å². The van der Waals surface area contributed by atoms with Gasteiger partial charge in [-0.2, -0.15) is 0 Å². The van der Waals surface area contributed by atoms with E-state index in [-0.39, 0.29) is 19.0 Å². The van der Waals surface area contributed by atoms with E-state index in [1.54, 1.807) is 4.90 Å². The number of carboxylic acids is 1. The van der Waals surface area contributed by atoms with Gasteiger partial charge in [-0.1, -0.05) is 32.0 Å². The first-order chi connectivity index (χ1) is 9.38. The first-order valence-electron chi connectivity index (χ1n) is 6.68. The fourth-order valence-electron chi connectivity index (χ4n) is 2.00. The number of hydrogen-bond donors (Lipinski definition) is 2. The number of nitrogens with zero attached hydrogens (tertiary/aromatic N) is 1. The predicted molar refractivity (Wildman–Crippen MR) is 78.7 cm³/mol. The number of nitrogens with one attached hydrogen (secondary N) is 1. The Kier molecular flexibility index (Phi) is 6.18. The molecule has 0 aromatic heterocycles. The molecule has 5 heteroatoms. The maximum atomic E-state index is 12.0. The van der Waals surface area contributed by atoms with E-state index in [1.165, 1.54) is 0 Å². The van der Waals surface area contributed by atoms with Crippen LogP contribution in [0.3, 0.4) is 0 Å². The van der Waals surface area contributed by atoms with Crippen LogP contribution in [0.4, 0.5) is 5.69 Å².